The number of hydrogen-bond acceptors (Lipinski definition) is 4. The summed E-state index contributed by atoms with van der Waals surface area (Å²) in [6, 6.07) is 18.5. The summed E-state index contributed by atoms with van der Waals surface area (Å²) in [5.74, 6) is 0. The normalized spacial score (nSPS) is 16.6. The topological polar surface area (TPSA) is 39.3 Å². The van der Waals surface area contributed by atoms with Crippen LogP contribution in [0.1, 0.15) is 56.6 Å². The molecule has 2 aromatic carbocycles. The minimum Gasteiger partial charge on any atom is -0.314 e. The van der Waals surface area contributed by atoms with Crippen LogP contribution >= 0.6 is 0 Å². The minimum atomic E-state index is 1.05. The van der Waals surface area contributed by atoms with Crippen molar-refractivity contribution in [1.29, 1.82) is 0 Å². The predicted octanol–water partition coefficient (Wildman–Crippen LogP) is 4.88. The van der Waals surface area contributed by atoms with Gasteiger partial charge in [0.15, 0.2) is 0 Å². The molecule has 0 radical (unpaired) electrons. The van der Waals surface area contributed by atoms with Gasteiger partial charge < -0.3 is 20.9 Å². The maximum absolute atomic E-state index is 3.56. The van der Waals surface area contributed by atoms with Crippen LogP contribution in [0.4, 0.5) is 0 Å². The summed E-state index contributed by atoms with van der Waals surface area (Å²) in [7, 11) is 0. The van der Waals surface area contributed by atoms with E-state index in [4.69, 9.17) is 0 Å². The molecule has 3 N–H and O–H groups in total. The van der Waals surface area contributed by atoms with E-state index in [-0.39, 0.29) is 0 Å². The first-order valence-corrected chi connectivity index (χ1v) is 13.9. The van der Waals surface area contributed by atoms with Gasteiger partial charge in [-0.05, 0) is 41.5 Å². The molecule has 1 heterocycles. The van der Waals surface area contributed by atoms with E-state index in [0.29, 0.717) is 0 Å². The Morgan fingerprint density at radius 3 is 1.59 bits per heavy atom. The van der Waals surface area contributed by atoms with Gasteiger partial charge in [0.2, 0.25) is 0 Å². The summed E-state index contributed by atoms with van der Waals surface area (Å²) in [6.07, 6.45) is 10.5. The first kappa shape index (κ1) is 26.9. The number of rotatable bonds is 11. The number of aryl methyl sites for hydroxylation is 1. The molecular formula is C30H48N4. The van der Waals surface area contributed by atoms with E-state index in [1.165, 1.54) is 67.2 Å². The lowest BCUT2D eigenvalue weighted by Crippen LogP contribution is -2.42. The first-order valence-electron chi connectivity index (χ1n) is 13.9. The highest BCUT2D eigenvalue weighted by Gasteiger charge is 2.07. The van der Waals surface area contributed by atoms with Gasteiger partial charge in [0, 0.05) is 58.9 Å². The third kappa shape index (κ3) is 10.7. The molecule has 4 heteroatoms. The molecular weight excluding hydrogens is 416 g/mol. The van der Waals surface area contributed by atoms with Gasteiger partial charge in [0.25, 0.3) is 0 Å². The van der Waals surface area contributed by atoms with Gasteiger partial charge in [0.05, 0.1) is 0 Å². The molecule has 1 saturated heterocycles. The molecule has 0 aromatic heterocycles. The van der Waals surface area contributed by atoms with Crippen molar-refractivity contribution >= 4 is 0 Å². The second-order valence-corrected chi connectivity index (χ2v) is 9.75. The molecule has 3 rings (SSSR count). The highest BCUT2D eigenvalue weighted by atomic mass is 15.2. The molecule has 4 nitrogen and oxygen atoms in total. The predicted molar refractivity (Wildman–Crippen MR) is 148 cm³/mol. The van der Waals surface area contributed by atoms with Crippen LogP contribution in [0.25, 0.3) is 11.1 Å². The van der Waals surface area contributed by atoms with Crippen LogP contribution in [-0.2, 0) is 12.8 Å². The average molecular weight is 465 g/mol. The largest absolute Gasteiger partial charge is 0.314 e. The van der Waals surface area contributed by atoms with Gasteiger partial charge >= 0.3 is 0 Å². The van der Waals surface area contributed by atoms with E-state index in [1.54, 1.807) is 0 Å². The van der Waals surface area contributed by atoms with Gasteiger partial charge in [-0.3, -0.25) is 0 Å². The summed E-state index contributed by atoms with van der Waals surface area (Å²) in [6.45, 7) is 12.0. The minimum absolute atomic E-state index is 1.05. The summed E-state index contributed by atoms with van der Waals surface area (Å²) in [4.78, 5) is 2.59. The van der Waals surface area contributed by atoms with Crippen LogP contribution in [0, 0.1) is 0 Å². The Kier molecular flexibility index (Phi) is 13.3. The van der Waals surface area contributed by atoms with E-state index < -0.39 is 0 Å². The van der Waals surface area contributed by atoms with Crippen LogP contribution in [0.3, 0.4) is 0 Å². The van der Waals surface area contributed by atoms with Gasteiger partial charge in [-0.15, -0.1) is 0 Å². The third-order valence-corrected chi connectivity index (χ3v) is 6.94. The van der Waals surface area contributed by atoms with Gasteiger partial charge in [-0.25, -0.2) is 0 Å². The number of hydrogen-bond donors (Lipinski definition) is 3. The van der Waals surface area contributed by atoms with Crippen LogP contribution in [0.15, 0.2) is 48.5 Å². The molecule has 2 aromatic rings. The fourth-order valence-corrected chi connectivity index (χ4v) is 4.66. The first-order chi connectivity index (χ1) is 16.8. The molecule has 0 unspecified atom stereocenters. The van der Waals surface area contributed by atoms with Crippen LogP contribution in [-0.4, -0.2) is 63.8 Å². The van der Waals surface area contributed by atoms with Crippen molar-refractivity contribution < 1.29 is 0 Å². The molecule has 1 fully saturated rings. The zero-order chi connectivity index (χ0) is 23.7. The quantitative estimate of drug-likeness (QED) is 0.414. The zero-order valence-electron chi connectivity index (χ0n) is 21.6. The molecule has 0 bridgehead atoms. The fourth-order valence-electron chi connectivity index (χ4n) is 4.66. The lowest BCUT2D eigenvalue weighted by molar-refractivity contribution is 0.274. The molecule has 0 saturated carbocycles. The number of nitrogens with zero attached hydrogens (tertiary/aromatic N) is 1. The maximum atomic E-state index is 3.56. The molecule has 1 aliphatic heterocycles. The van der Waals surface area contributed by atoms with Crippen LogP contribution in [0.2, 0.25) is 0 Å². The molecule has 34 heavy (non-hydrogen) atoms. The fraction of sp³-hybridized carbons (Fsp3) is 0.600. The van der Waals surface area contributed by atoms with Gasteiger partial charge in [0.1, 0.15) is 0 Å². The van der Waals surface area contributed by atoms with Gasteiger partial charge in [-0.1, -0.05) is 87.6 Å². The van der Waals surface area contributed by atoms with Crippen LogP contribution in [0.5, 0.6) is 0 Å². The maximum Gasteiger partial charge on any atom is 0.0108 e. The number of nitrogens with one attached hydrogen (secondary N) is 3. The van der Waals surface area contributed by atoms with Crippen molar-refractivity contribution in [3.05, 3.63) is 59.7 Å². The smallest absolute Gasteiger partial charge is 0.0108 e. The Labute approximate surface area is 208 Å². The van der Waals surface area contributed by atoms with Crippen molar-refractivity contribution in [3.63, 3.8) is 0 Å². The number of benzene rings is 2. The molecule has 0 spiro atoms. The number of unbranched alkanes of at least 4 members (excludes halogenated alkanes) is 5. The van der Waals surface area contributed by atoms with Crippen molar-refractivity contribution in [3.8, 4) is 11.1 Å². The Morgan fingerprint density at radius 1 is 0.559 bits per heavy atom. The van der Waals surface area contributed by atoms with Crippen LogP contribution < -0.4 is 16.0 Å². The second kappa shape index (κ2) is 16.8. The average Bonchev–Trinajstić information content (AvgIpc) is 2.87. The van der Waals surface area contributed by atoms with Crippen molar-refractivity contribution in [2.45, 2.75) is 58.3 Å². The van der Waals surface area contributed by atoms with Crippen molar-refractivity contribution in [2.24, 2.45) is 0 Å². The highest BCUT2D eigenvalue weighted by molar-refractivity contribution is 5.64. The van der Waals surface area contributed by atoms with E-state index in [1.807, 2.05) is 0 Å². The molecule has 0 atom stereocenters. The third-order valence-electron chi connectivity index (χ3n) is 6.94. The summed E-state index contributed by atoms with van der Waals surface area (Å²) in [5.41, 5.74) is 5.55. The van der Waals surface area contributed by atoms with Crippen molar-refractivity contribution in [1.82, 2.24) is 20.9 Å². The van der Waals surface area contributed by atoms with Gasteiger partial charge in [-0.2, -0.15) is 0 Å². The summed E-state index contributed by atoms with van der Waals surface area (Å²) >= 11 is 0. The van der Waals surface area contributed by atoms with E-state index >= 15 is 0 Å². The van der Waals surface area contributed by atoms with E-state index in [2.05, 4.69) is 76.3 Å². The lowest BCUT2D eigenvalue weighted by Gasteiger charge is -2.23. The van der Waals surface area contributed by atoms with E-state index in [0.717, 1.165) is 65.3 Å². The molecule has 0 amide bonds. The Balaban J connectivity index is 1.42. The second-order valence-electron chi connectivity index (χ2n) is 9.75. The SMILES string of the molecule is CCCCCCCCc1ccc(-c2ccc(CCN3CCNCCNCCNCC3)cc2)cc1. The van der Waals surface area contributed by atoms with Crippen molar-refractivity contribution in [2.75, 3.05) is 58.9 Å². The lowest BCUT2D eigenvalue weighted by atomic mass is 9.99. The zero-order valence-corrected chi connectivity index (χ0v) is 21.6. The summed E-state index contributed by atoms with van der Waals surface area (Å²) < 4.78 is 0. The molecule has 1 aliphatic rings. The summed E-state index contributed by atoms with van der Waals surface area (Å²) in [5, 5.41) is 10.6. The molecule has 0 aliphatic carbocycles. The van der Waals surface area contributed by atoms with E-state index in [9.17, 15) is 0 Å². The Morgan fingerprint density at radius 2 is 1.03 bits per heavy atom. The Hall–Kier alpha value is -1.72. The highest BCUT2D eigenvalue weighted by Crippen LogP contribution is 2.21. The Bertz CT molecular complexity index is 744. The molecule has 188 valence electrons. The monoisotopic (exact) mass is 464 g/mol. The standard InChI is InChI=1S/C30H48N4/c1-2-3-4-5-6-7-8-27-9-13-29(14-10-27)30-15-11-28(12-16-30)17-24-34-25-22-32-20-18-31-19-21-33-23-26-34/h9-16,31-33H,2-8,17-26H2,1H3.